The fraction of sp³-hybridized carbons (Fsp3) is 0.368. The van der Waals surface area contributed by atoms with E-state index in [9.17, 15) is 0 Å². The number of thioether (sulfide) groups is 2. The minimum Gasteiger partial charge on any atom is -0.497 e. The Hall–Kier alpha value is -1.14. The van der Waals surface area contributed by atoms with Crippen LogP contribution in [0.4, 0.5) is 0 Å². The fourth-order valence-corrected chi connectivity index (χ4v) is 3.51. The number of hydrogen-bond donors (Lipinski definition) is 2. The van der Waals surface area contributed by atoms with Crippen molar-refractivity contribution >= 4 is 23.5 Å². The molecule has 132 valence electrons. The summed E-state index contributed by atoms with van der Waals surface area (Å²) in [5, 5.41) is 0. The Morgan fingerprint density at radius 1 is 0.750 bits per heavy atom. The third-order valence-corrected chi connectivity index (χ3v) is 5.23. The second-order valence-corrected chi connectivity index (χ2v) is 7.31. The highest BCUT2D eigenvalue weighted by molar-refractivity contribution is 7.99. The van der Waals surface area contributed by atoms with Crippen LogP contribution in [0.2, 0.25) is 0 Å². The molecule has 0 heterocycles. The van der Waals surface area contributed by atoms with Crippen molar-refractivity contribution in [3.63, 3.8) is 0 Å². The van der Waals surface area contributed by atoms with E-state index in [1.807, 2.05) is 41.7 Å². The zero-order valence-electron chi connectivity index (χ0n) is 14.3. The summed E-state index contributed by atoms with van der Waals surface area (Å²) in [7, 11) is 1.68. The molecule has 24 heavy (non-hydrogen) atoms. The van der Waals surface area contributed by atoms with Crippen LogP contribution in [0.25, 0.3) is 0 Å². The van der Waals surface area contributed by atoms with Gasteiger partial charge in [-0.05, 0) is 73.8 Å². The lowest BCUT2D eigenvalue weighted by atomic mass is 10.3. The van der Waals surface area contributed by atoms with Crippen molar-refractivity contribution < 1.29 is 4.74 Å². The van der Waals surface area contributed by atoms with Crippen molar-refractivity contribution in [3.05, 3.63) is 54.6 Å². The highest BCUT2D eigenvalue weighted by Gasteiger charge is 1.94. The van der Waals surface area contributed by atoms with E-state index in [1.165, 1.54) is 9.79 Å². The predicted octanol–water partition coefficient (Wildman–Crippen LogP) is 4.26. The second kappa shape index (κ2) is 14.2. The second-order valence-electron chi connectivity index (χ2n) is 4.97. The Bertz CT molecular complexity index is 521. The fourth-order valence-electron chi connectivity index (χ4n) is 1.74. The van der Waals surface area contributed by atoms with Crippen molar-refractivity contribution in [1.82, 2.24) is 0 Å². The van der Waals surface area contributed by atoms with E-state index in [2.05, 4.69) is 36.4 Å². The first-order chi connectivity index (χ1) is 11.8. The molecule has 0 amide bonds. The molecule has 0 aromatic heterocycles. The van der Waals surface area contributed by atoms with Crippen LogP contribution in [0.15, 0.2) is 64.4 Å². The zero-order valence-corrected chi connectivity index (χ0v) is 16.0. The summed E-state index contributed by atoms with van der Waals surface area (Å²) in [6.45, 7) is 1.56. The maximum Gasteiger partial charge on any atom is 0.118 e. The van der Waals surface area contributed by atoms with Gasteiger partial charge in [-0.25, -0.2) is 0 Å². The zero-order chi connectivity index (χ0) is 17.5. The molecular formula is C19H28N2OS2. The maximum atomic E-state index is 5.40. The van der Waals surface area contributed by atoms with Gasteiger partial charge in [0.15, 0.2) is 0 Å². The van der Waals surface area contributed by atoms with Crippen molar-refractivity contribution in [3.8, 4) is 5.75 Å². The van der Waals surface area contributed by atoms with Crippen LogP contribution in [0.5, 0.6) is 5.75 Å². The number of methoxy groups -OCH3 is 1. The van der Waals surface area contributed by atoms with Crippen LogP contribution >= 0.6 is 23.5 Å². The van der Waals surface area contributed by atoms with E-state index in [-0.39, 0.29) is 0 Å². The summed E-state index contributed by atoms with van der Waals surface area (Å²) in [6, 6.07) is 18.5. The van der Waals surface area contributed by atoms with Crippen LogP contribution in [0.3, 0.4) is 0 Å². The molecule has 0 unspecified atom stereocenters. The average molecular weight is 365 g/mol. The minimum atomic E-state index is 0.767. The van der Waals surface area contributed by atoms with Gasteiger partial charge < -0.3 is 16.2 Å². The van der Waals surface area contributed by atoms with Crippen molar-refractivity contribution in [2.45, 2.75) is 22.6 Å². The van der Waals surface area contributed by atoms with Gasteiger partial charge in [-0.2, -0.15) is 0 Å². The monoisotopic (exact) mass is 364 g/mol. The summed E-state index contributed by atoms with van der Waals surface area (Å²) in [4.78, 5) is 2.61. The first kappa shape index (κ1) is 20.9. The molecule has 0 bridgehead atoms. The van der Waals surface area contributed by atoms with E-state index < -0.39 is 0 Å². The average Bonchev–Trinajstić information content (AvgIpc) is 2.64. The van der Waals surface area contributed by atoms with Gasteiger partial charge in [-0.3, -0.25) is 0 Å². The normalized spacial score (nSPS) is 9.96. The molecule has 0 aliphatic carbocycles. The van der Waals surface area contributed by atoms with Crippen LogP contribution in [-0.2, 0) is 0 Å². The van der Waals surface area contributed by atoms with E-state index in [1.54, 1.807) is 7.11 Å². The molecule has 0 radical (unpaired) electrons. The van der Waals surface area contributed by atoms with Gasteiger partial charge in [-0.15, -0.1) is 23.5 Å². The molecule has 4 N–H and O–H groups in total. The first-order valence-electron chi connectivity index (χ1n) is 8.15. The van der Waals surface area contributed by atoms with Gasteiger partial charge in [0.25, 0.3) is 0 Å². The molecule has 0 saturated carbocycles. The molecule has 2 aromatic rings. The number of hydrogen-bond acceptors (Lipinski definition) is 5. The molecule has 0 aliphatic heterocycles. The third-order valence-electron chi connectivity index (χ3n) is 3.04. The Labute approximate surface area is 154 Å². The predicted molar refractivity (Wildman–Crippen MR) is 108 cm³/mol. The van der Waals surface area contributed by atoms with Crippen LogP contribution in [-0.4, -0.2) is 31.7 Å². The van der Waals surface area contributed by atoms with Crippen molar-refractivity contribution in [1.29, 1.82) is 0 Å². The van der Waals surface area contributed by atoms with Crippen LogP contribution in [0, 0.1) is 0 Å². The quantitative estimate of drug-likeness (QED) is 0.514. The lowest BCUT2D eigenvalue weighted by Gasteiger charge is -2.02. The van der Waals surface area contributed by atoms with E-state index in [4.69, 9.17) is 16.2 Å². The minimum absolute atomic E-state index is 0.767. The van der Waals surface area contributed by atoms with Gasteiger partial charge in [0.2, 0.25) is 0 Å². The number of benzene rings is 2. The molecule has 3 nitrogen and oxygen atoms in total. The summed E-state index contributed by atoms with van der Waals surface area (Å²) < 4.78 is 5.07. The maximum absolute atomic E-state index is 5.40. The summed E-state index contributed by atoms with van der Waals surface area (Å²) in [6.07, 6.45) is 2.16. The smallest absolute Gasteiger partial charge is 0.118 e. The molecule has 0 saturated heterocycles. The molecular weight excluding hydrogens is 336 g/mol. The van der Waals surface area contributed by atoms with E-state index in [0.717, 1.165) is 43.2 Å². The lowest BCUT2D eigenvalue weighted by Crippen LogP contribution is -1.99. The Morgan fingerprint density at radius 2 is 1.25 bits per heavy atom. The van der Waals surface area contributed by atoms with Gasteiger partial charge in [0, 0.05) is 9.79 Å². The molecule has 0 atom stereocenters. The highest BCUT2D eigenvalue weighted by Crippen LogP contribution is 2.21. The van der Waals surface area contributed by atoms with Crippen LogP contribution < -0.4 is 16.2 Å². The molecule has 0 spiro atoms. The Balaban J connectivity index is 0.000000243. The Morgan fingerprint density at radius 3 is 1.71 bits per heavy atom. The lowest BCUT2D eigenvalue weighted by molar-refractivity contribution is 0.414. The summed E-state index contributed by atoms with van der Waals surface area (Å²) in [5.41, 5.74) is 10.8. The number of ether oxygens (including phenoxy) is 1. The Kier molecular flexibility index (Phi) is 12.4. The molecule has 0 fully saturated rings. The van der Waals surface area contributed by atoms with Gasteiger partial charge in [0.1, 0.15) is 5.75 Å². The largest absolute Gasteiger partial charge is 0.497 e. The first-order valence-corrected chi connectivity index (χ1v) is 10.1. The summed E-state index contributed by atoms with van der Waals surface area (Å²) >= 11 is 3.69. The molecule has 0 aliphatic rings. The van der Waals surface area contributed by atoms with Gasteiger partial charge >= 0.3 is 0 Å². The van der Waals surface area contributed by atoms with Crippen molar-refractivity contribution in [2.75, 3.05) is 31.7 Å². The van der Waals surface area contributed by atoms with E-state index >= 15 is 0 Å². The molecule has 2 aromatic carbocycles. The van der Waals surface area contributed by atoms with Crippen LogP contribution in [0.1, 0.15) is 12.8 Å². The van der Waals surface area contributed by atoms with Gasteiger partial charge in [0.05, 0.1) is 7.11 Å². The topological polar surface area (TPSA) is 61.3 Å². The number of rotatable bonds is 9. The number of nitrogens with two attached hydrogens (primary N) is 2. The molecule has 2 rings (SSSR count). The molecule has 5 heteroatoms. The van der Waals surface area contributed by atoms with Gasteiger partial charge in [-0.1, -0.05) is 18.2 Å². The van der Waals surface area contributed by atoms with E-state index in [0.29, 0.717) is 0 Å². The SMILES string of the molecule is COc1ccc(SCCCN)cc1.NCCCSc1ccccc1. The third kappa shape index (κ3) is 9.88. The highest BCUT2D eigenvalue weighted by atomic mass is 32.2. The standard InChI is InChI=1S/C10H15NOS.C9H13NS/c1-12-9-3-5-10(6-4-9)13-8-2-7-11;10-7-4-8-11-9-5-2-1-3-6-9/h3-6H,2,7-8,11H2,1H3;1-3,5-6H,4,7-8,10H2. The summed E-state index contributed by atoms with van der Waals surface area (Å²) in [5.74, 6) is 3.12. The van der Waals surface area contributed by atoms with Crippen molar-refractivity contribution in [2.24, 2.45) is 11.5 Å².